The predicted octanol–water partition coefficient (Wildman–Crippen LogP) is 3.49. The van der Waals surface area contributed by atoms with Crippen LogP contribution in [0.5, 0.6) is 0 Å². The number of unbranched alkanes of at least 4 members (excludes halogenated alkanes) is 5. The zero-order valence-corrected chi connectivity index (χ0v) is 9.65. The van der Waals surface area contributed by atoms with E-state index in [-0.39, 0.29) is 6.10 Å². The van der Waals surface area contributed by atoms with Gasteiger partial charge >= 0.3 is 0 Å². The minimum atomic E-state index is -0.104. The highest BCUT2D eigenvalue weighted by atomic mass is 79.9. The van der Waals surface area contributed by atoms with Gasteiger partial charge in [0.25, 0.3) is 0 Å². The fraction of sp³-hybridized carbons (Fsp3) is 1.00. The van der Waals surface area contributed by atoms with Gasteiger partial charge in [0.2, 0.25) is 0 Å². The molecule has 0 aromatic heterocycles. The third-order valence-electron chi connectivity index (χ3n) is 2.01. The molecule has 12 heavy (non-hydrogen) atoms. The molecule has 0 aliphatic rings. The van der Waals surface area contributed by atoms with Crippen molar-refractivity contribution in [3.63, 3.8) is 0 Å². The lowest BCUT2D eigenvalue weighted by molar-refractivity contribution is 0.180. The second-order valence-corrected chi connectivity index (χ2v) is 4.24. The Hall–Kier alpha value is 0.440. The molecule has 1 nitrogen and oxygen atoms in total. The van der Waals surface area contributed by atoms with Crippen LogP contribution in [0.2, 0.25) is 0 Å². The van der Waals surface area contributed by atoms with Crippen molar-refractivity contribution in [1.82, 2.24) is 0 Å². The topological polar surface area (TPSA) is 20.2 Å². The van der Waals surface area contributed by atoms with Gasteiger partial charge in [0, 0.05) is 5.33 Å². The molecule has 0 aliphatic heterocycles. The van der Waals surface area contributed by atoms with Crippen LogP contribution in [0.25, 0.3) is 0 Å². The molecule has 0 aromatic carbocycles. The number of rotatable bonds is 8. The average Bonchev–Trinajstić information content (AvgIpc) is 2.02. The number of alkyl halides is 1. The lowest BCUT2D eigenvalue weighted by Gasteiger charge is -2.03. The van der Waals surface area contributed by atoms with Crippen molar-refractivity contribution in [2.45, 2.75) is 58.0 Å². The zero-order chi connectivity index (χ0) is 9.23. The first-order valence-electron chi connectivity index (χ1n) is 5.01. The Labute approximate surface area is 84.7 Å². The smallest absolute Gasteiger partial charge is 0.0512 e. The molecule has 0 fully saturated rings. The van der Waals surface area contributed by atoms with Crippen molar-refractivity contribution < 1.29 is 5.11 Å². The van der Waals surface area contributed by atoms with Gasteiger partial charge in [-0.05, 0) is 19.8 Å². The maximum Gasteiger partial charge on any atom is 0.0512 e. The van der Waals surface area contributed by atoms with E-state index in [2.05, 4.69) is 15.9 Å². The Morgan fingerprint density at radius 3 is 2.00 bits per heavy atom. The second kappa shape index (κ2) is 9.53. The van der Waals surface area contributed by atoms with Crippen LogP contribution >= 0.6 is 15.9 Å². The monoisotopic (exact) mass is 236 g/mol. The van der Waals surface area contributed by atoms with Crippen LogP contribution in [0.15, 0.2) is 0 Å². The molecular weight excluding hydrogens is 216 g/mol. The lowest BCUT2D eigenvalue weighted by atomic mass is 10.1. The first-order chi connectivity index (χ1) is 5.77. The van der Waals surface area contributed by atoms with E-state index in [0.717, 1.165) is 11.8 Å². The largest absolute Gasteiger partial charge is 0.393 e. The third kappa shape index (κ3) is 10.4. The maximum atomic E-state index is 8.99. The van der Waals surface area contributed by atoms with Gasteiger partial charge in [0.15, 0.2) is 0 Å². The number of hydrogen-bond donors (Lipinski definition) is 1. The van der Waals surface area contributed by atoms with Gasteiger partial charge in [-0.2, -0.15) is 0 Å². The van der Waals surface area contributed by atoms with Crippen molar-refractivity contribution in [3.05, 3.63) is 0 Å². The first-order valence-corrected chi connectivity index (χ1v) is 6.13. The summed E-state index contributed by atoms with van der Waals surface area (Å²) in [6, 6.07) is 0. The van der Waals surface area contributed by atoms with Gasteiger partial charge in [0.05, 0.1) is 6.10 Å². The molecule has 0 heterocycles. The first kappa shape index (κ1) is 12.4. The molecule has 74 valence electrons. The molecule has 1 atom stereocenters. The van der Waals surface area contributed by atoms with Crippen LogP contribution in [-0.2, 0) is 0 Å². The lowest BCUT2D eigenvalue weighted by Crippen LogP contribution is -1.98. The fourth-order valence-electron chi connectivity index (χ4n) is 1.24. The Morgan fingerprint density at radius 2 is 1.50 bits per heavy atom. The maximum absolute atomic E-state index is 8.99. The van der Waals surface area contributed by atoms with E-state index in [1.165, 1.54) is 38.5 Å². The van der Waals surface area contributed by atoms with E-state index < -0.39 is 0 Å². The van der Waals surface area contributed by atoms with Crippen molar-refractivity contribution >= 4 is 15.9 Å². The molecule has 0 aromatic rings. The Morgan fingerprint density at radius 1 is 1.00 bits per heavy atom. The van der Waals surface area contributed by atoms with Gasteiger partial charge < -0.3 is 5.11 Å². The molecule has 0 rings (SSSR count). The molecule has 0 spiro atoms. The molecule has 2 heteroatoms. The minimum absolute atomic E-state index is 0.104. The fourth-order valence-corrected chi connectivity index (χ4v) is 1.64. The summed E-state index contributed by atoms with van der Waals surface area (Å²) in [5.41, 5.74) is 0. The van der Waals surface area contributed by atoms with Crippen molar-refractivity contribution in [1.29, 1.82) is 0 Å². The van der Waals surface area contributed by atoms with E-state index in [1.54, 1.807) is 0 Å². The molecule has 0 bridgehead atoms. The normalized spacial score (nSPS) is 13.2. The Balaban J connectivity index is 2.82. The van der Waals surface area contributed by atoms with E-state index in [4.69, 9.17) is 5.11 Å². The number of hydrogen-bond acceptors (Lipinski definition) is 1. The average molecular weight is 237 g/mol. The summed E-state index contributed by atoms with van der Waals surface area (Å²) in [6.07, 6.45) is 8.67. The summed E-state index contributed by atoms with van der Waals surface area (Å²) in [5.74, 6) is 0. The highest BCUT2D eigenvalue weighted by Gasteiger charge is 1.95. The van der Waals surface area contributed by atoms with Crippen molar-refractivity contribution in [2.24, 2.45) is 0 Å². The van der Waals surface area contributed by atoms with Crippen LogP contribution in [0.4, 0.5) is 0 Å². The quantitative estimate of drug-likeness (QED) is 0.506. The van der Waals surface area contributed by atoms with Crippen molar-refractivity contribution in [3.8, 4) is 0 Å². The van der Waals surface area contributed by atoms with E-state index in [0.29, 0.717) is 0 Å². The van der Waals surface area contributed by atoms with Crippen molar-refractivity contribution in [2.75, 3.05) is 5.33 Å². The molecule has 0 amide bonds. The summed E-state index contributed by atoms with van der Waals surface area (Å²) in [6.45, 7) is 1.87. The number of aliphatic hydroxyl groups is 1. The number of halogens is 1. The van der Waals surface area contributed by atoms with Crippen LogP contribution < -0.4 is 0 Å². The van der Waals surface area contributed by atoms with E-state index in [9.17, 15) is 0 Å². The molecule has 0 saturated heterocycles. The van der Waals surface area contributed by atoms with Gasteiger partial charge in [-0.3, -0.25) is 0 Å². The Kier molecular flexibility index (Phi) is 9.88. The molecule has 0 radical (unpaired) electrons. The second-order valence-electron chi connectivity index (χ2n) is 3.45. The molecular formula is C10H21BrO. The standard InChI is InChI=1S/C10H21BrO/c1-10(12)8-6-4-2-3-5-7-9-11/h10,12H,2-9H2,1H3. The van der Waals surface area contributed by atoms with Crippen LogP contribution in [-0.4, -0.2) is 16.5 Å². The third-order valence-corrected chi connectivity index (χ3v) is 2.57. The van der Waals surface area contributed by atoms with E-state index >= 15 is 0 Å². The highest BCUT2D eigenvalue weighted by molar-refractivity contribution is 9.09. The van der Waals surface area contributed by atoms with Gasteiger partial charge in [-0.1, -0.05) is 48.0 Å². The molecule has 1 unspecified atom stereocenters. The van der Waals surface area contributed by atoms with E-state index in [1.807, 2.05) is 6.92 Å². The summed E-state index contributed by atoms with van der Waals surface area (Å²) in [7, 11) is 0. The van der Waals surface area contributed by atoms with Gasteiger partial charge in [0.1, 0.15) is 0 Å². The molecule has 0 aliphatic carbocycles. The van der Waals surface area contributed by atoms with Crippen LogP contribution in [0, 0.1) is 0 Å². The summed E-state index contributed by atoms with van der Waals surface area (Å²) >= 11 is 3.42. The van der Waals surface area contributed by atoms with Crippen LogP contribution in [0.3, 0.4) is 0 Å². The summed E-state index contributed by atoms with van der Waals surface area (Å²) < 4.78 is 0. The number of aliphatic hydroxyl groups excluding tert-OH is 1. The molecule has 1 N–H and O–H groups in total. The predicted molar refractivity (Wildman–Crippen MR) is 57.8 cm³/mol. The zero-order valence-electron chi connectivity index (χ0n) is 8.06. The Bertz CT molecular complexity index is 83.9. The minimum Gasteiger partial charge on any atom is -0.393 e. The highest BCUT2D eigenvalue weighted by Crippen LogP contribution is 2.08. The SMILES string of the molecule is CC(O)CCCCCCCCBr. The summed E-state index contributed by atoms with van der Waals surface area (Å²) in [5, 5.41) is 10.1. The summed E-state index contributed by atoms with van der Waals surface area (Å²) in [4.78, 5) is 0. The molecule has 0 saturated carbocycles. The van der Waals surface area contributed by atoms with Gasteiger partial charge in [-0.25, -0.2) is 0 Å². The van der Waals surface area contributed by atoms with Gasteiger partial charge in [-0.15, -0.1) is 0 Å². The van der Waals surface area contributed by atoms with Crippen LogP contribution in [0.1, 0.15) is 51.9 Å².